The molecule has 0 bridgehead atoms. The largest absolute Gasteiger partial charge is 0.480 e. The fraction of sp³-hybridized carbons (Fsp3) is 0.833. The first-order valence-electron chi connectivity index (χ1n) is 3.33. The molecule has 0 spiro atoms. The monoisotopic (exact) mass is 144 g/mol. The van der Waals surface area contributed by atoms with E-state index in [-0.39, 0.29) is 12.1 Å². The average Bonchev–Trinajstić information content (AvgIpc) is 2.10. The smallest absolute Gasteiger partial charge is 0.322 e. The van der Waals surface area contributed by atoms with E-state index in [1.165, 1.54) is 0 Å². The molecule has 4 nitrogen and oxygen atoms in total. The van der Waals surface area contributed by atoms with Gasteiger partial charge in [-0.2, -0.15) is 0 Å². The van der Waals surface area contributed by atoms with Crippen molar-refractivity contribution in [2.75, 3.05) is 7.05 Å². The molecule has 0 amide bonds. The second-order valence-electron chi connectivity index (χ2n) is 2.73. The van der Waals surface area contributed by atoms with Gasteiger partial charge in [-0.05, 0) is 13.3 Å². The van der Waals surface area contributed by atoms with Gasteiger partial charge >= 0.3 is 5.97 Å². The third kappa shape index (κ3) is 1.27. The number of hydrogen-bond acceptors (Lipinski definition) is 3. The summed E-state index contributed by atoms with van der Waals surface area (Å²) >= 11 is 0. The number of hydrogen-bond donors (Lipinski definition) is 2. The molecule has 0 aromatic carbocycles. The number of aliphatic carboxylic acids is 1. The summed E-state index contributed by atoms with van der Waals surface area (Å²) in [5.74, 6) is -0.751. The molecule has 1 saturated heterocycles. The van der Waals surface area contributed by atoms with Gasteiger partial charge in [0.1, 0.15) is 6.04 Å². The molecule has 1 aliphatic heterocycles. The minimum atomic E-state index is -0.751. The molecule has 2 unspecified atom stereocenters. The molecule has 2 atom stereocenters. The van der Waals surface area contributed by atoms with Crippen LogP contribution in [0, 0.1) is 0 Å². The van der Waals surface area contributed by atoms with Crippen molar-refractivity contribution in [2.45, 2.75) is 25.4 Å². The molecule has 10 heavy (non-hydrogen) atoms. The van der Waals surface area contributed by atoms with Gasteiger partial charge in [0.2, 0.25) is 0 Å². The number of likely N-dealkylation sites (N-methyl/N-ethyl adjacent to an activating group) is 1. The van der Waals surface area contributed by atoms with Crippen molar-refractivity contribution in [3.8, 4) is 0 Å². The van der Waals surface area contributed by atoms with E-state index < -0.39 is 5.97 Å². The number of carboxylic acids is 1. The van der Waals surface area contributed by atoms with Gasteiger partial charge in [0.15, 0.2) is 0 Å². The summed E-state index contributed by atoms with van der Waals surface area (Å²) in [5.41, 5.74) is 3.00. The van der Waals surface area contributed by atoms with Crippen molar-refractivity contribution in [2.24, 2.45) is 0 Å². The summed E-state index contributed by atoms with van der Waals surface area (Å²) in [6, 6.07) is -0.0684. The Morgan fingerprint density at radius 3 is 2.60 bits per heavy atom. The van der Waals surface area contributed by atoms with Crippen LogP contribution in [0.3, 0.4) is 0 Å². The van der Waals surface area contributed by atoms with Crippen LogP contribution in [-0.2, 0) is 4.79 Å². The molecule has 0 aromatic rings. The Morgan fingerprint density at radius 2 is 2.40 bits per heavy atom. The molecule has 1 fully saturated rings. The van der Waals surface area contributed by atoms with Gasteiger partial charge in [0.05, 0.1) is 0 Å². The van der Waals surface area contributed by atoms with Crippen LogP contribution in [0.1, 0.15) is 13.3 Å². The summed E-state index contributed by atoms with van der Waals surface area (Å²) in [5, 5.41) is 10.3. The molecular formula is C6H12N2O2. The van der Waals surface area contributed by atoms with Crippen molar-refractivity contribution in [1.29, 1.82) is 0 Å². The van der Waals surface area contributed by atoms with E-state index in [4.69, 9.17) is 5.11 Å². The Labute approximate surface area is 59.8 Å². The predicted octanol–water partition coefficient (Wildman–Crippen LogP) is -0.332. The summed E-state index contributed by atoms with van der Waals surface area (Å²) in [4.78, 5) is 10.5. The van der Waals surface area contributed by atoms with E-state index >= 15 is 0 Å². The maximum absolute atomic E-state index is 10.5. The summed E-state index contributed by atoms with van der Waals surface area (Å²) in [7, 11) is 1.75. The van der Waals surface area contributed by atoms with Crippen LogP contribution in [-0.4, -0.2) is 35.2 Å². The Morgan fingerprint density at radius 1 is 1.80 bits per heavy atom. The lowest BCUT2D eigenvalue weighted by Gasteiger charge is -2.13. The lowest BCUT2D eigenvalue weighted by atomic mass is 10.1. The van der Waals surface area contributed by atoms with Crippen LogP contribution < -0.4 is 5.43 Å². The minimum absolute atomic E-state index is 0.283. The summed E-state index contributed by atoms with van der Waals surface area (Å²) in [6.07, 6.45) is 0.686. The fourth-order valence-electron chi connectivity index (χ4n) is 1.25. The summed E-state index contributed by atoms with van der Waals surface area (Å²) < 4.78 is 0. The van der Waals surface area contributed by atoms with Crippen LogP contribution in [0.4, 0.5) is 0 Å². The highest BCUT2D eigenvalue weighted by Crippen LogP contribution is 2.11. The van der Waals surface area contributed by atoms with Crippen LogP contribution in [0.25, 0.3) is 0 Å². The molecule has 4 heteroatoms. The third-order valence-electron chi connectivity index (χ3n) is 1.75. The molecule has 1 rings (SSSR count). The average molecular weight is 144 g/mol. The molecule has 0 saturated carbocycles. The molecule has 0 aliphatic carbocycles. The zero-order valence-corrected chi connectivity index (χ0v) is 6.16. The van der Waals surface area contributed by atoms with Crippen LogP contribution in [0.2, 0.25) is 0 Å². The number of hydrazine groups is 1. The van der Waals surface area contributed by atoms with Gasteiger partial charge in [-0.1, -0.05) is 0 Å². The molecule has 1 aliphatic rings. The number of nitrogens with one attached hydrogen (secondary N) is 1. The number of carbonyl (C=O) groups is 1. The lowest BCUT2D eigenvalue weighted by Crippen LogP contribution is -2.38. The molecular weight excluding hydrogens is 132 g/mol. The molecule has 0 aromatic heterocycles. The predicted molar refractivity (Wildman–Crippen MR) is 36.4 cm³/mol. The van der Waals surface area contributed by atoms with E-state index in [9.17, 15) is 4.79 Å². The fourth-order valence-corrected chi connectivity index (χ4v) is 1.25. The minimum Gasteiger partial charge on any atom is -0.480 e. The SMILES string of the molecule is CC1CC(C(=O)O)N(C)N1. The van der Waals surface area contributed by atoms with Gasteiger partial charge < -0.3 is 5.11 Å². The first-order chi connectivity index (χ1) is 4.61. The highest BCUT2D eigenvalue weighted by atomic mass is 16.4. The Hall–Kier alpha value is -0.610. The van der Waals surface area contributed by atoms with E-state index in [2.05, 4.69) is 5.43 Å². The normalized spacial score (nSPS) is 34.6. The maximum atomic E-state index is 10.5. The molecule has 1 heterocycles. The van der Waals surface area contributed by atoms with E-state index in [1.54, 1.807) is 12.1 Å². The maximum Gasteiger partial charge on any atom is 0.322 e. The molecule has 58 valence electrons. The Balaban J connectivity index is 2.54. The quantitative estimate of drug-likeness (QED) is 0.529. The topological polar surface area (TPSA) is 52.6 Å². The van der Waals surface area contributed by atoms with Gasteiger partial charge in [-0.25, -0.2) is 5.01 Å². The lowest BCUT2D eigenvalue weighted by molar-refractivity contribution is -0.142. The Kier molecular flexibility index (Phi) is 1.92. The van der Waals surface area contributed by atoms with Crippen molar-refractivity contribution in [3.05, 3.63) is 0 Å². The first kappa shape index (κ1) is 7.50. The number of rotatable bonds is 1. The van der Waals surface area contributed by atoms with Gasteiger partial charge in [-0.15, -0.1) is 0 Å². The second-order valence-corrected chi connectivity index (χ2v) is 2.73. The molecule has 2 N–H and O–H groups in total. The van der Waals surface area contributed by atoms with Gasteiger partial charge in [-0.3, -0.25) is 10.2 Å². The number of carboxylic acid groups (broad SMARTS) is 1. The number of nitrogens with zero attached hydrogens (tertiary/aromatic N) is 1. The van der Waals surface area contributed by atoms with Crippen molar-refractivity contribution >= 4 is 5.97 Å². The van der Waals surface area contributed by atoms with Crippen LogP contribution >= 0.6 is 0 Å². The van der Waals surface area contributed by atoms with Crippen LogP contribution in [0.15, 0.2) is 0 Å². The van der Waals surface area contributed by atoms with E-state index in [0.29, 0.717) is 6.42 Å². The van der Waals surface area contributed by atoms with Crippen molar-refractivity contribution in [3.63, 3.8) is 0 Å². The van der Waals surface area contributed by atoms with Gasteiger partial charge in [0.25, 0.3) is 0 Å². The van der Waals surface area contributed by atoms with Gasteiger partial charge in [0, 0.05) is 13.1 Å². The van der Waals surface area contributed by atoms with Crippen LogP contribution in [0.5, 0.6) is 0 Å². The van der Waals surface area contributed by atoms with E-state index in [0.717, 1.165) is 0 Å². The second kappa shape index (κ2) is 2.56. The zero-order chi connectivity index (χ0) is 7.72. The van der Waals surface area contributed by atoms with Crippen molar-refractivity contribution in [1.82, 2.24) is 10.4 Å². The zero-order valence-electron chi connectivity index (χ0n) is 6.16. The highest BCUT2D eigenvalue weighted by Gasteiger charge is 2.31. The van der Waals surface area contributed by atoms with E-state index in [1.807, 2.05) is 6.92 Å². The third-order valence-corrected chi connectivity index (χ3v) is 1.75. The standard InChI is InChI=1S/C6H12N2O2/c1-4-3-5(6(9)10)8(2)7-4/h4-5,7H,3H2,1-2H3,(H,9,10). The highest BCUT2D eigenvalue weighted by molar-refractivity contribution is 5.73. The first-order valence-corrected chi connectivity index (χ1v) is 3.33. The summed E-state index contributed by atoms with van der Waals surface area (Å²) in [6.45, 7) is 1.97. The van der Waals surface area contributed by atoms with Crippen molar-refractivity contribution < 1.29 is 9.90 Å². The molecule has 0 radical (unpaired) electrons. The Bertz CT molecular complexity index is 149.